The topological polar surface area (TPSA) is 60.9 Å². The summed E-state index contributed by atoms with van der Waals surface area (Å²) in [5, 5.41) is 0. The molecule has 2 aliphatic heterocycles. The van der Waals surface area contributed by atoms with Gasteiger partial charge in [0, 0.05) is 32.7 Å². The molecule has 0 aliphatic carbocycles. The third-order valence-electron chi connectivity index (χ3n) is 5.18. The van der Waals surface area contributed by atoms with Crippen molar-refractivity contribution >= 4 is 15.9 Å². The van der Waals surface area contributed by atoms with Crippen LogP contribution in [0.15, 0.2) is 29.2 Å². The van der Waals surface area contributed by atoms with Crippen molar-refractivity contribution in [2.24, 2.45) is 0 Å². The molecule has 6 nitrogen and oxygen atoms in total. The van der Waals surface area contributed by atoms with Gasteiger partial charge >= 0.3 is 0 Å². The lowest BCUT2D eigenvalue weighted by atomic mass is 10.0. The minimum atomic E-state index is -3.65. The van der Waals surface area contributed by atoms with Gasteiger partial charge in [0.2, 0.25) is 15.9 Å². The average Bonchev–Trinajstić information content (AvgIpc) is 2.62. The lowest BCUT2D eigenvalue weighted by molar-refractivity contribution is -0.137. The van der Waals surface area contributed by atoms with E-state index in [1.165, 1.54) is 4.31 Å². The smallest absolute Gasteiger partial charge is 0.243 e. The van der Waals surface area contributed by atoms with E-state index in [1.54, 1.807) is 24.3 Å². The Morgan fingerprint density at radius 2 is 1.64 bits per heavy atom. The molecule has 0 radical (unpaired) electrons. The van der Waals surface area contributed by atoms with E-state index in [4.69, 9.17) is 0 Å². The van der Waals surface area contributed by atoms with Gasteiger partial charge in [0.15, 0.2) is 0 Å². The van der Waals surface area contributed by atoms with Crippen molar-refractivity contribution in [2.45, 2.75) is 37.1 Å². The minimum Gasteiger partial charge on any atom is -0.339 e. The predicted molar refractivity (Wildman–Crippen MR) is 96.8 cm³/mol. The van der Waals surface area contributed by atoms with E-state index in [0.29, 0.717) is 26.1 Å². The van der Waals surface area contributed by atoms with Crippen LogP contribution in [0.25, 0.3) is 0 Å². The van der Waals surface area contributed by atoms with E-state index in [0.717, 1.165) is 31.5 Å². The fraction of sp³-hybridized carbons (Fsp3) is 0.611. The number of benzene rings is 1. The molecular weight excluding hydrogens is 338 g/mol. The second kappa shape index (κ2) is 7.43. The highest BCUT2D eigenvalue weighted by atomic mass is 32.2. The minimum absolute atomic E-state index is 0.0384. The summed E-state index contributed by atoms with van der Waals surface area (Å²) in [6.07, 6.45) is 2.30. The molecule has 0 N–H and O–H groups in total. The summed E-state index contributed by atoms with van der Waals surface area (Å²) in [5.74, 6) is -0.0384. The average molecular weight is 365 g/mol. The number of amides is 1. The molecule has 0 bridgehead atoms. The Morgan fingerprint density at radius 1 is 1.00 bits per heavy atom. The number of carbonyl (C=O) groups is 1. The van der Waals surface area contributed by atoms with E-state index in [2.05, 4.69) is 4.90 Å². The molecule has 138 valence electrons. The van der Waals surface area contributed by atoms with Crippen molar-refractivity contribution in [3.63, 3.8) is 0 Å². The second-order valence-corrected chi connectivity index (χ2v) is 8.96. The lowest BCUT2D eigenvalue weighted by Crippen LogP contribution is -2.56. The van der Waals surface area contributed by atoms with Crippen molar-refractivity contribution in [1.82, 2.24) is 14.1 Å². The Bertz CT molecular complexity index is 710. The number of sulfonamides is 1. The van der Waals surface area contributed by atoms with Crippen molar-refractivity contribution in [3.05, 3.63) is 29.8 Å². The largest absolute Gasteiger partial charge is 0.339 e. The third-order valence-corrected chi connectivity index (χ3v) is 7.10. The van der Waals surface area contributed by atoms with Crippen LogP contribution in [0.1, 0.15) is 24.8 Å². The van der Waals surface area contributed by atoms with Gasteiger partial charge < -0.3 is 9.80 Å². The van der Waals surface area contributed by atoms with Crippen molar-refractivity contribution in [1.29, 1.82) is 0 Å². The summed E-state index contributed by atoms with van der Waals surface area (Å²) in [5.41, 5.74) is 1.02. The molecule has 7 heteroatoms. The van der Waals surface area contributed by atoms with Gasteiger partial charge in [-0.25, -0.2) is 8.42 Å². The first kappa shape index (κ1) is 18.4. The van der Waals surface area contributed by atoms with Crippen LogP contribution in [0.5, 0.6) is 0 Å². The van der Waals surface area contributed by atoms with Crippen LogP contribution in [0, 0.1) is 6.92 Å². The number of hydrogen-bond donors (Lipinski definition) is 0. The fourth-order valence-corrected chi connectivity index (χ4v) is 5.17. The van der Waals surface area contributed by atoms with Gasteiger partial charge in [-0.15, -0.1) is 0 Å². The Balaban J connectivity index is 1.83. The number of piperidine rings is 1. The molecule has 1 amide bonds. The van der Waals surface area contributed by atoms with Gasteiger partial charge in [-0.05, 0) is 38.9 Å². The number of aryl methyl sites for hydroxylation is 1. The predicted octanol–water partition coefficient (Wildman–Crippen LogP) is 1.31. The zero-order valence-corrected chi connectivity index (χ0v) is 15.8. The van der Waals surface area contributed by atoms with Crippen LogP contribution in [-0.2, 0) is 14.8 Å². The molecule has 0 saturated carbocycles. The molecule has 25 heavy (non-hydrogen) atoms. The van der Waals surface area contributed by atoms with Crippen LogP contribution in [-0.4, -0.2) is 74.2 Å². The van der Waals surface area contributed by atoms with Gasteiger partial charge in [0.1, 0.15) is 6.04 Å². The van der Waals surface area contributed by atoms with E-state index in [9.17, 15) is 13.2 Å². The van der Waals surface area contributed by atoms with Crippen LogP contribution < -0.4 is 0 Å². The number of nitrogens with zero attached hydrogens (tertiary/aromatic N) is 3. The fourth-order valence-electron chi connectivity index (χ4n) is 3.52. The number of piperazine rings is 1. The maximum Gasteiger partial charge on any atom is 0.243 e. The van der Waals surface area contributed by atoms with Crippen LogP contribution in [0.4, 0.5) is 0 Å². The third kappa shape index (κ3) is 3.88. The van der Waals surface area contributed by atoms with Crippen LogP contribution in [0.2, 0.25) is 0 Å². The highest BCUT2D eigenvalue weighted by Gasteiger charge is 2.39. The Labute approximate surface area is 150 Å². The SMILES string of the molecule is Cc1ccc(S(=O)(=O)N2CCCC[C@H]2C(=O)N2CCN(C)CC2)cc1. The molecule has 1 aromatic rings. The molecule has 2 heterocycles. The summed E-state index contributed by atoms with van der Waals surface area (Å²) < 4.78 is 27.6. The van der Waals surface area contributed by atoms with Gasteiger partial charge in [0.05, 0.1) is 4.90 Å². The molecule has 0 unspecified atom stereocenters. The molecule has 3 rings (SSSR count). The summed E-state index contributed by atoms with van der Waals surface area (Å²) in [6.45, 7) is 5.36. The molecule has 0 spiro atoms. The molecule has 0 aromatic heterocycles. The number of carbonyl (C=O) groups excluding carboxylic acids is 1. The van der Waals surface area contributed by atoms with Gasteiger partial charge in [0.25, 0.3) is 0 Å². The quantitative estimate of drug-likeness (QED) is 0.810. The molecule has 1 aromatic carbocycles. The summed E-state index contributed by atoms with van der Waals surface area (Å²) in [4.78, 5) is 17.3. The Kier molecular flexibility index (Phi) is 5.46. The Morgan fingerprint density at radius 3 is 2.28 bits per heavy atom. The van der Waals surface area contributed by atoms with Gasteiger partial charge in [-0.1, -0.05) is 24.1 Å². The van der Waals surface area contributed by atoms with Crippen LogP contribution >= 0.6 is 0 Å². The number of hydrogen-bond acceptors (Lipinski definition) is 4. The van der Waals surface area contributed by atoms with Crippen molar-refractivity contribution in [2.75, 3.05) is 39.8 Å². The Hall–Kier alpha value is -1.44. The van der Waals surface area contributed by atoms with Crippen molar-refractivity contribution < 1.29 is 13.2 Å². The molecule has 2 fully saturated rings. The molecule has 1 atom stereocenters. The number of likely N-dealkylation sites (N-methyl/N-ethyl adjacent to an activating group) is 1. The summed E-state index contributed by atoms with van der Waals surface area (Å²) in [7, 11) is -1.61. The maximum atomic E-state index is 13.1. The van der Waals surface area contributed by atoms with E-state index in [1.807, 2.05) is 18.9 Å². The van der Waals surface area contributed by atoms with Crippen molar-refractivity contribution in [3.8, 4) is 0 Å². The molecule has 2 aliphatic rings. The first-order chi connectivity index (χ1) is 11.9. The highest BCUT2D eigenvalue weighted by Crippen LogP contribution is 2.27. The standard InChI is InChI=1S/C18H27N3O3S/c1-15-6-8-16(9-7-15)25(23,24)21-10-4-3-5-17(21)18(22)20-13-11-19(2)12-14-20/h6-9,17H,3-5,10-14H2,1-2H3/t17-/m0/s1. The van der Waals surface area contributed by atoms with Gasteiger partial charge in [-0.2, -0.15) is 4.31 Å². The van der Waals surface area contributed by atoms with E-state index >= 15 is 0 Å². The zero-order chi connectivity index (χ0) is 18.0. The first-order valence-corrected chi connectivity index (χ1v) is 10.4. The first-order valence-electron chi connectivity index (χ1n) is 8.95. The molecule has 2 saturated heterocycles. The highest BCUT2D eigenvalue weighted by molar-refractivity contribution is 7.89. The van der Waals surface area contributed by atoms with Gasteiger partial charge in [-0.3, -0.25) is 4.79 Å². The van der Waals surface area contributed by atoms with E-state index in [-0.39, 0.29) is 10.8 Å². The summed E-state index contributed by atoms with van der Waals surface area (Å²) >= 11 is 0. The monoisotopic (exact) mass is 365 g/mol. The lowest BCUT2D eigenvalue weighted by Gasteiger charge is -2.39. The summed E-state index contributed by atoms with van der Waals surface area (Å²) in [6, 6.07) is 6.30. The van der Waals surface area contributed by atoms with Crippen LogP contribution in [0.3, 0.4) is 0 Å². The number of rotatable bonds is 3. The second-order valence-electron chi connectivity index (χ2n) is 7.07. The maximum absolute atomic E-state index is 13.1. The van der Waals surface area contributed by atoms with E-state index < -0.39 is 16.1 Å². The molecular formula is C18H27N3O3S. The normalized spacial score (nSPS) is 23.6. The zero-order valence-electron chi connectivity index (χ0n) is 15.0.